The second kappa shape index (κ2) is 10.5. The van der Waals surface area contributed by atoms with E-state index in [-0.39, 0.29) is 12.4 Å². The standard InChI is InChI=1S/C18H25NO7S/c1-18(17(21)22)12-27-16(19-18)13-4-3-5-14(15(13)20)26-11-10-25-9-8-24-7-6-23-2/h3-5,20H,6-12H2,1-2H3,(H,21,22)/t18-/m0/s1. The van der Waals surface area contributed by atoms with Crippen molar-refractivity contribution in [3.63, 3.8) is 0 Å². The number of thioether (sulfide) groups is 1. The SMILES string of the molecule is COCCOCCOCCOc1cccc(C2=N[C@](C)(C(=O)O)CS2)c1O. The molecule has 0 aromatic heterocycles. The lowest BCUT2D eigenvalue weighted by molar-refractivity contribution is -0.141. The normalized spacial score (nSPS) is 19.1. The molecule has 0 unspecified atom stereocenters. The van der Waals surface area contributed by atoms with E-state index in [2.05, 4.69) is 4.99 Å². The molecule has 0 fully saturated rings. The van der Waals surface area contributed by atoms with Gasteiger partial charge in [0.15, 0.2) is 17.0 Å². The molecule has 0 radical (unpaired) electrons. The minimum Gasteiger partial charge on any atom is -0.504 e. The van der Waals surface area contributed by atoms with Crippen LogP contribution in [0.4, 0.5) is 0 Å². The van der Waals surface area contributed by atoms with Gasteiger partial charge >= 0.3 is 5.97 Å². The van der Waals surface area contributed by atoms with Gasteiger partial charge in [-0.15, -0.1) is 11.8 Å². The summed E-state index contributed by atoms with van der Waals surface area (Å²) < 4.78 is 21.1. The Morgan fingerprint density at radius 2 is 1.85 bits per heavy atom. The zero-order chi connectivity index (χ0) is 19.7. The predicted octanol–water partition coefficient (Wildman–Crippen LogP) is 1.79. The summed E-state index contributed by atoms with van der Waals surface area (Å²) in [5.41, 5.74) is -0.711. The number of carboxylic acid groups (broad SMARTS) is 1. The molecule has 9 heteroatoms. The number of phenolic OH excluding ortho intramolecular Hbond substituents is 1. The van der Waals surface area contributed by atoms with Crippen molar-refractivity contribution in [2.24, 2.45) is 4.99 Å². The maximum atomic E-state index is 11.3. The van der Waals surface area contributed by atoms with E-state index in [0.29, 0.717) is 55.1 Å². The van der Waals surface area contributed by atoms with Gasteiger partial charge in [-0.3, -0.25) is 4.99 Å². The van der Waals surface area contributed by atoms with Crippen molar-refractivity contribution in [1.29, 1.82) is 0 Å². The van der Waals surface area contributed by atoms with Gasteiger partial charge in [0, 0.05) is 12.9 Å². The Kier molecular flexibility index (Phi) is 8.36. The molecule has 0 bridgehead atoms. The Hall–Kier alpha value is -1.81. The van der Waals surface area contributed by atoms with E-state index < -0.39 is 11.5 Å². The molecule has 2 rings (SSSR count). The van der Waals surface area contributed by atoms with Gasteiger partial charge in [0.2, 0.25) is 0 Å². The number of ether oxygens (including phenoxy) is 4. The predicted molar refractivity (Wildman–Crippen MR) is 102 cm³/mol. The van der Waals surface area contributed by atoms with Crippen LogP contribution in [0.5, 0.6) is 11.5 Å². The van der Waals surface area contributed by atoms with Gasteiger partial charge in [0.05, 0.1) is 38.6 Å². The zero-order valence-electron chi connectivity index (χ0n) is 15.5. The number of carboxylic acids is 1. The summed E-state index contributed by atoms with van der Waals surface area (Å²) in [5, 5.41) is 20.2. The number of methoxy groups -OCH3 is 1. The minimum absolute atomic E-state index is 0.0544. The number of aromatic hydroxyl groups is 1. The Labute approximate surface area is 162 Å². The fourth-order valence-corrected chi connectivity index (χ4v) is 3.42. The molecule has 1 aliphatic heterocycles. The summed E-state index contributed by atoms with van der Waals surface area (Å²) in [6.45, 7) is 4.17. The molecule has 1 aromatic carbocycles. The number of rotatable bonds is 12. The van der Waals surface area contributed by atoms with Crippen LogP contribution in [-0.2, 0) is 19.0 Å². The van der Waals surface area contributed by atoms with E-state index in [4.69, 9.17) is 18.9 Å². The minimum atomic E-state index is -1.18. The highest BCUT2D eigenvalue weighted by Crippen LogP contribution is 2.37. The van der Waals surface area contributed by atoms with Gasteiger partial charge in [-0.1, -0.05) is 6.07 Å². The average Bonchev–Trinajstić information content (AvgIpc) is 3.05. The number of hydrogen-bond donors (Lipinski definition) is 2. The van der Waals surface area contributed by atoms with Crippen molar-refractivity contribution in [2.45, 2.75) is 12.5 Å². The highest BCUT2D eigenvalue weighted by atomic mass is 32.2. The van der Waals surface area contributed by atoms with E-state index in [1.54, 1.807) is 32.2 Å². The molecule has 0 saturated carbocycles. The first-order chi connectivity index (χ1) is 13.0. The Morgan fingerprint density at radius 1 is 1.19 bits per heavy atom. The number of aliphatic carboxylic acids is 1. The lowest BCUT2D eigenvalue weighted by Crippen LogP contribution is -2.33. The molecule has 8 nitrogen and oxygen atoms in total. The van der Waals surface area contributed by atoms with E-state index >= 15 is 0 Å². The molecule has 27 heavy (non-hydrogen) atoms. The molecule has 2 N–H and O–H groups in total. The first-order valence-electron chi connectivity index (χ1n) is 8.53. The molecule has 0 spiro atoms. The van der Waals surface area contributed by atoms with Crippen molar-refractivity contribution < 1.29 is 34.0 Å². The van der Waals surface area contributed by atoms with Gasteiger partial charge in [-0.2, -0.15) is 0 Å². The third-order valence-electron chi connectivity index (χ3n) is 3.82. The average molecular weight is 399 g/mol. The molecule has 0 amide bonds. The third-order valence-corrected chi connectivity index (χ3v) is 5.11. The maximum absolute atomic E-state index is 11.3. The Balaban J connectivity index is 1.83. The number of carbonyl (C=O) groups is 1. The number of hydrogen-bond acceptors (Lipinski definition) is 8. The molecule has 1 atom stereocenters. The second-order valence-corrected chi connectivity index (χ2v) is 6.97. The molecular formula is C18H25NO7S. The van der Waals surface area contributed by atoms with Crippen molar-refractivity contribution in [3.8, 4) is 11.5 Å². The molecule has 0 saturated heterocycles. The summed E-state index contributed by atoms with van der Waals surface area (Å²) in [6, 6.07) is 5.06. The molecule has 1 aliphatic rings. The van der Waals surface area contributed by atoms with Gasteiger partial charge in [0.1, 0.15) is 11.7 Å². The van der Waals surface area contributed by atoms with Crippen LogP contribution in [0.2, 0.25) is 0 Å². The maximum Gasteiger partial charge on any atom is 0.332 e. The van der Waals surface area contributed by atoms with Gasteiger partial charge < -0.3 is 29.2 Å². The van der Waals surface area contributed by atoms with Crippen LogP contribution in [0.1, 0.15) is 12.5 Å². The lowest BCUT2D eigenvalue weighted by Gasteiger charge is -2.12. The quantitative estimate of drug-likeness (QED) is 0.512. The van der Waals surface area contributed by atoms with Crippen LogP contribution >= 0.6 is 11.8 Å². The molecule has 1 aromatic rings. The van der Waals surface area contributed by atoms with E-state index in [1.807, 2.05) is 0 Å². The smallest absolute Gasteiger partial charge is 0.332 e. The lowest BCUT2D eigenvalue weighted by atomic mass is 10.1. The largest absolute Gasteiger partial charge is 0.504 e. The van der Waals surface area contributed by atoms with E-state index in [0.717, 1.165) is 0 Å². The molecule has 150 valence electrons. The van der Waals surface area contributed by atoms with Gasteiger partial charge in [-0.05, 0) is 19.1 Å². The van der Waals surface area contributed by atoms with Gasteiger partial charge in [0.25, 0.3) is 0 Å². The van der Waals surface area contributed by atoms with Crippen LogP contribution < -0.4 is 4.74 Å². The fraction of sp³-hybridized carbons (Fsp3) is 0.556. The summed E-state index contributed by atoms with van der Waals surface area (Å²) in [4.78, 5) is 15.6. The number of aliphatic imine (C=N–C) groups is 1. The van der Waals surface area contributed by atoms with Crippen LogP contribution in [0.25, 0.3) is 0 Å². The highest BCUT2D eigenvalue weighted by molar-refractivity contribution is 8.14. The topological polar surface area (TPSA) is 107 Å². The van der Waals surface area contributed by atoms with E-state index in [1.165, 1.54) is 11.8 Å². The van der Waals surface area contributed by atoms with Crippen molar-refractivity contribution >= 4 is 22.8 Å². The van der Waals surface area contributed by atoms with Crippen molar-refractivity contribution in [1.82, 2.24) is 0 Å². The number of para-hydroxylation sites is 1. The zero-order valence-corrected chi connectivity index (χ0v) is 16.3. The fourth-order valence-electron chi connectivity index (χ4n) is 2.23. The van der Waals surface area contributed by atoms with Crippen LogP contribution in [0.15, 0.2) is 23.2 Å². The number of benzene rings is 1. The monoisotopic (exact) mass is 399 g/mol. The summed E-state index contributed by atoms with van der Waals surface area (Å²) in [6.07, 6.45) is 0. The van der Waals surface area contributed by atoms with Crippen LogP contribution in [-0.4, -0.2) is 79.3 Å². The molecule has 1 heterocycles. The summed E-state index contributed by atoms with van der Waals surface area (Å²) in [5.74, 6) is -0.413. The summed E-state index contributed by atoms with van der Waals surface area (Å²) in [7, 11) is 1.62. The first kappa shape index (κ1) is 21.5. The van der Waals surface area contributed by atoms with Crippen LogP contribution in [0.3, 0.4) is 0 Å². The van der Waals surface area contributed by atoms with E-state index in [9.17, 15) is 15.0 Å². The highest BCUT2D eigenvalue weighted by Gasteiger charge is 2.39. The third kappa shape index (κ3) is 6.10. The molecular weight excluding hydrogens is 374 g/mol. The number of nitrogens with zero attached hydrogens (tertiary/aromatic N) is 1. The Morgan fingerprint density at radius 3 is 2.48 bits per heavy atom. The van der Waals surface area contributed by atoms with Crippen LogP contribution in [0, 0.1) is 0 Å². The Bertz CT molecular complexity index is 667. The second-order valence-electron chi connectivity index (χ2n) is 6.00. The summed E-state index contributed by atoms with van der Waals surface area (Å²) >= 11 is 1.30. The first-order valence-corrected chi connectivity index (χ1v) is 9.52. The van der Waals surface area contributed by atoms with Gasteiger partial charge in [-0.25, -0.2) is 4.79 Å². The van der Waals surface area contributed by atoms with Crippen molar-refractivity contribution in [2.75, 3.05) is 52.5 Å². The number of phenols is 1. The van der Waals surface area contributed by atoms with Crippen molar-refractivity contribution in [3.05, 3.63) is 23.8 Å². The molecule has 0 aliphatic carbocycles.